The summed E-state index contributed by atoms with van der Waals surface area (Å²) in [6, 6.07) is 8.99. The third kappa shape index (κ3) is 19.6. The highest BCUT2D eigenvalue weighted by Crippen LogP contribution is 2.39. The zero-order valence-corrected chi connectivity index (χ0v) is 38.5. The number of nitrogens with one attached hydrogen (secondary N) is 1. The second kappa shape index (κ2) is 27.6. The molecule has 2 heterocycles. The molecule has 3 N–H and O–H groups in total. The molecule has 9 heteroatoms. The number of anilines is 3. The van der Waals surface area contributed by atoms with Crippen LogP contribution in [0.3, 0.4) is 0 Å². The van der Waals surface area contributed by atoms with Gasteiger partial charge in [0, 0.05) is 27.3 Å². The van der Waals surface area contributed by atoms with Gasteiger partial charge in [-0.3, -0.25) is 0 Å². The van der Waals surface area contributed by atoms with Crippen molar-refractivity contribution in [3.8, 4) is 6.01 Å². The topological polar surface area (TPSA) is 98.0 Å². The molecule has 1 aromatic carbocycles. The largest absolute Gasteiger partial charge is 0.461 e. The van der Waals surface area contributed by atoms with Gasteiger partial charge >= 0.3 is 6.01 Å². The lowest BCUT2D eigenvalue weighted by atomic mass is 10.0. The number of methoxy groups -OCH3 is 2. The Balaban J connectivity index is 1.31. The maximum absolute atomic E-state index is 6.24. The fraction of sp³-hybridized carbons (Fsp3) is 0.560. The predicted octanol–water partition coefficient (Wildman–Crippen LogP) is 12.3. The normalized spacial score (nSPS) is 15.2. The van der Waals surface area contributed by atoms with Gasteiger partial charge < -0.3 is 35.1 Å². The van der Waals surface area contributed by atoms with Crippen molar-refractivity contribution in [2.45, 2.75) is 145 Å². The summed E-state index contributed by atoms with van der Waals surface area (Å²) in [5.41, 5.74) is 18.3. The number of nitrogens with zero attached hydrogens (tertiary/aromatic N) is 4. The SMILES string of the molecule is COCCOc1nc(N)c2c(n1)N(Cc1ccc(CN(C)CCC/C(C)=C/CC/C(C)=C/CC/C(C)=C/CC/C=C(\C)CC/C=C(\C)CCC=C(C)C)cc1)C(OC)N2. The molecule has 1 aliphatic heterocycles. The van der Waals surface area contributed by atoms with Gasteiger partial charge in [0.2, 0.25) is 6.35 Å². The highest BCUT2D eigenvalue weighted by atomic mass is 16.5. The third-order valence-electron chi connectivity index (χ3n) is 10.7. The number of allylic oxidation sites excluding steroid dienone is 12. The summed E-state index contributed by atoms with van der Waals surface area (Å²) in [5.74, 6) is 0.981. The Kier molecular flexibility index (Phi) is 23.0. The van der Waals surface area contributed by atoms with E-state index in [2.05, 4.69) is 136 Å². The van der Waals surface area contributed by atoms with Crippen molar-refractivity contribution in [3.63, 3.8) is 0 Å². The Bertz CT molecular complexity index is 1740. The monoisotopic (exact) mass is 811 g/mol. The van der Waals surface area contributed by atoms with Crippen molar-refractivity contribution in [2.24, 2.45) is 0 Å². The molecular formula is C50H78N6O3. The number of rotatable bonds is 28. The zero-order valence-electron chi connectivity index (χ0n) is 38.5. The Labute approximate surface area is 358 Å². The third-order valence-corrected chi connectivity index (χ3v) is 10.7. The van der Waals surface area contributed by atoms with Gasteiger partial charge in [-0.2, -0.15) is 9.97 Å². The smallest absolute Gasteiger partial charge is 0.320 e. The average Bonchev–Trinajstić information content (AvgIpc) is 3.54. The van der Waals surface area contributed by atoms with Gasteiger partial charge in [-0.25, -0.2) is 0 Å². The first kappa shape index (κ1) is 49.2. The lowest BCUT2D eigenvalue weighted by Crippen LogP contribution is -2.37. The van der Waals surface area contributed by atoms with Crippen LogP contribution in [-0.4, -0.2) is 62.2 Å². The number of aromatic nitrogens is 2. The van der Waals surface area contributed by atoms with Crippen LogP contribution in [0.25, 0.3) is 0 Å². The van der Waals surface area contributed by atoms with E-state index in [1.807, 2.05) is 4.90 Å². The number of ether oxygens (including phenoxy) is 3. The molecule has 0 radical (unpaired) electrons. The van der Waals surface area contributed by atoms with E-state index >= 15 is 0 Å². The van der Waals surface area contributed by atoms with E-state index in [9.17, 15) is 0 Å². The minimum Gasteiger partial charge on any atom is -0.461 e. The highest BCUT2D eigenvalue weighted by Gasteiger charge is 2.33. The highest BCUT2D eigenvalue weighted by molar-refractivity contribution is 5.81. The summed E-state index contributed by atoms with van der Waals surface area (Å²) in [6.07, 6.45) is 27.9. The number of hydrogen-bond donors (Lipinski definition) is 2. The minimum atomic E-state index is -0.412. The molecule has 0 saturated heterocycles. The zero-order chi connectivity index (χ0) is 43.0. The van der Waals surface area contributed by atoms with Crippen LogP contribution in [0.4, 0.5) is 17.3 Å². The quantitative estimate of drug-likeness (QED) is 0.0643. The Morgan fingerprint density at radius 1 is 0.695 bits per heavy atom. The molecule has 1 atom stereocenters. The summed E-state index contributed by atoms with van der Waals surface area (Å²) in [4.78, 5) is 13.3. The molecule has 0 fully saturated rings. The van der Waals surface area contributed by atoms with Crippen LogP contribution in [0.1, 0.15) is 137 Å². The fourth-order valence-electron chi connectivity index (χ4n) is 7.09. The van der Waals surface area contributed by atoms with E-state index in [1.54, 1.807) is 14.2 Å². The van der Waals surface area contributed by atoms with E-state index < -0.39 is 6.35 Å². The molecule has 9 nitrogen and oxygen atoms in total. The number of benzene rings is 1. The van der Waals surface area contributed by atoms with Crippen molar-refractivity contribution in [1.82, 2.24) is 14.9 Å². The molecule has 3 rings (SSSR count). The standard InChI is InChI=1S/C50H78N6O3/c1-38(2)18-13-21-41(5)24-14-22-39(3)19-11-12-20-40(4)23-15-25-42(6)26-16-27-43(7)28-17-33-55(8)36-44-29-31-45(32-30-44)37-56-48-46(52-50(56)58-10)47(51)53-49(54-48)59-35-34-57-9/h18-20,24-25,27,29-32,50,52H,11-17,21-23,26,28,33-37H2,1-10H3,(H2,51,53,54)/b39-19+,40-20+,41-24+,42-25+,43-27+. The number of nitrogens with two attached hydrogens (primary N) is 1. The number of unbranched alkanes of at least 4 members (excludes halogenated alkanes) is 1. The number of nitrogen functional groups attached to an aromatic ring is 1. The van der Waals surface area contributed by atoms with E-state index in [1.165, 1.54) is 51.8 Å². The Morgan fingerprint density at radius 2 is 1.20 bits per heavy atom. The van der Waals surface area contributed by atoms with Gasteiger partial charge in [0.25, 0.3) is 0 Å². The Hall–Kier alpha value is -4.18. The summed E-state index contributed by atoms with van der Waals surface area (Å²) >= 11 is 0. The predicted molar refractivity (Wildman–Crippen MR) is 251 cm³/mol. The molecule has 2 aromatic rings. The molecule has 1 aliphatic rings. The van der Waals surface area contributed by atoms with Crippen LogP contribution in [0.15, 0.2) is 94.2 Å². The van der Waals surface area contributed by atoms with Crippen LogP contribution < -0.4 is 20.7 Å². The van der Waals surface area contributed by atoms with Gasteiger partial charge in [-0.15, -0.1) is 0 Å². The molecule has 0 bridgehead atoms. The average molecular weight is 811 g/mol. The van der Waals surface area contributed by atoms with Crippen LogP contribution >= 0.6 is 0 Å². The van der Waals surface area contributed by atoms with Crippen molar-refractivity contribution < 1.29 is 14.2 Å². The van der Waals surface area contributed by atoms with Crippen molar-refractivity contribution >= 4 is 17.3 Å². The maximum atomic E-state index is 6.24. The maximum Gasteiger partial charge on any atom is 0.320 e. The molecule has 0 aliphatic carbocycles. The number of fused-ring (bicyclic) bond motifs is 1. The second-order valence-electron chi connectivity index (χ2n) is 16.7. The lowest BCUT2D eigenvalue weighted by molar-refractivity contribution is 0.124. The molecule has 0 saturated carbocycles. The molecule has 0 amide bonds. The van der Waals surface area contributed by atoms with Crippen LogP contribution in [0, 0.1) is 0 Å². The first-order valence-electron chi connectivity index (χ1n) is 21.9. The lowest BCUT2D eigenvalue weighted by Gasteiger charge is -2.24. The first-order valence-corrected chi connectivity index (χ1v) is 21.9. The van der Waals surface area contributed by atoms with Gasteiger partial charge in [0.1, 0.15) is 12.3 Å². The van der Waals surface area contributed by atoms with E-state index in [0.29, 0.717) is 37.1 Å². The van der Waals surface area contributed by atoms with Crippen molar-refractivity contribution in [1.29, 1.82) is 0 Å². The summed E-state index contributed by atoms with van der Waals surface area (Å²) < 4.78 is 16.4. The van der Waals surface area contributed by atoms with Gasteiger partial charge in [0.15, 0.2) is 11.6 Å². The summed E-state index contributed by atoms with van der Waals surface area (Å²) in [5, 5.41) is 3.28. The molecular weight excluding hydrogens is 733 g/mol. The Morgan fingerprint density at radius 3 is 1.73 bits per heavy atom. The minimum absolute atomic E-state index is 0.221. The summed E-state index contributed by atoms with van der Waals surface area (Å²) in [6.45, 7) is 19.1. The summed E-state index contributed by atoms with van der Waals surface area (Å²) in [7, 11) is 5.49. The van der Waals surface area contributed by atoms with E-state index in [0.717, 1.165) is 82.9 Å². The van der Waals surface area contributed by atoms with E-state index in [-0.39, 0.29) is 6.01 Å². The van der Waals surface area contributed by atoms with Crippen LogP contribution in [-0.2, 0) is 22.6 Å². The number of hydrogen-bond acceptors (Lipinski definition) is 9. The van der Waals surface area contributed by atoms with Crippen molar-refractivity contribution in [3.05, 3.63) is 105 Å². The molecule has 59 heavy (non-hydrogen) atoms. The molecule has 1 unspecified atom stereocenters. The van der Waals surface area contributed by atoms with Crippen molar-refractivity contribution in [2.75, 3.05) is 57.0 Å². The van der Waals surface area contributed by atoms with Gasteiger partial charge in [-0.05, 0) is 150 Å². The molecule has 326 valence electrons. The van der Waals surface area contributed by atoms with Crippen LogP contribution in [0.5, 0.6) is 6.01 Å². The molecule has 0 spiro atoms. The second-order valence-corrected chi connectivity index (χ2v) is 16.7. The van der Waals surface area contributed by atoms with Crippen LogP contribution in [0.2, 0.25) is 0 Å². The fourth-order valence-corrected chi connectivity index (χ4v) is 7.09. The molecule has 1 aromatic heterocycles. The van der Waals surface area contributed by atoms with Gasteiger partial charge in [0.05, 0.1) is 6.61 Å². The van der Waals surface area contributed by atoms with E-state index in [4.69, 9.17) is 19.9 Å². The first-order chi connectivity index (χ1) is 28.4. The van der Waals surface area contributed by atoms with Gasteiger partial charge in [-0.1, -0.05) is 94.2 Å².